The number of hydrogen-bond donors (Lipinski definition) is 2. The number of amides is 1. The highest BCUT2D eigenvalue weighted by Crippen LogP contribution is 2.38. The number of carbonyl (C=O) groups is 1. The molecule has 73 heavy (non-hydrogen) atoms. The van der Waals surface area contributed by atoms with Crippen LogP contribution >= 0.6 is 7.82 Å². The number of phosphoric acid groups is 1. The molecule has 3 unspecified atom stereocenters. The lowest BCUT2D eigenvalue weighted by atomic mass is 10.0. The average Bonchev–Trinajstić information content (AvgIpc) is 3.35. The molecule has 2 N–H and O–H groups in total. The van der Waals surface area contributed by atoms with E-state index in [1.807, 2.05) is 27.2 Å². The van der Waals surface area contributed by atoms with Crippen LogP contribution in [-0.2, 0) is 18.4 Å². The van der Waals surface area contributed by atoms with Gasteiger partial charge in [0, 0.05) is 6.42 Å². The molecular formula is C64H117N2O6P. The fourth-order valence-electron chi connectivity index (χ4n) is 8.63. The van der Waals surface area contributed by atoms with Gasteiger partial charge in [-0.05, 0) is 70.6 Å². The van der Waals surface area contributed by atoms with E-state index in [1.165, 1.54) is 154 Å². The Balaban J connectivity index is 4.24. The van der Waals surface area contributed by atoms with Crippen LogP contribution in [0.25, 0.3) is 0 Å². The molecule has 0 radical (unpaired) electrons. The molecule has 0 aromatic carbocycles. The van der Waals surface area contributed by atoms with E-state index in [0.717, 1.165) is 89.9 Å². The molecule has 0 saturated heterocycles. The second-order valence-electron chi connectivity index (χ2n) is 21.7. The Kier molecular flexibility index (Phi) is 52.7. The Labute approximate surface area is 452 Å². The summed E-state index contributed by atoms with van der Waals surface area (Å²) in [5, 5.41) is 13.9. The monoisotopic (exact) mass is 1040 g/mol. The molecule has 0 rings (SSSR count). The third kappa shape index (κ3) is 57.2. The third-order valence-electron chi connectivity index (χ3n) is 13.4. The minimum atomic E-state index is -4.61. The summed E-state index contributed by atoms with van der Waals surface area (Å²) < 4.78 is 23.4. The number of rotatable bonds is 55. The fraction of sp³-hybridized carbons (Fsp3) is 0.766. The molecule has 0 aromatic rings. The number of allylic oxidation sites excluding steroid dienone is 13. The van der Waals surface area contributed by atoms with E-state index in [-0.39, 0.29) is 12.5 Å². The Morgan fingerprint density at radius 1 is 0.493 bits per heavy atom. The maximum atomic E-state index is 13.0. The van der Waals surface area contributed by atoms with E-state index < -0.39 is 26.6 Å². The van der Waals surface area contributed by atoms with Gasteiger partial charge in [0.15, 0.2) is 0 Å². The van der Waals surface area contributed by atoms with Gasteiger partial charge in [0.05, 0.1) is 39.9 Å². The van der Waals surface area contributed by atoms with E-state index in [0.29, 0.717) is 17.4 Å². The Morgan fingerprint density at radius 3 is 1.22 bits per heavy atom. The number of aliphatic hydroxyl groups excluding tert-OH is 1. The molecule has 0 saturated carbocycles. The first-order valence-corrected chi connectivity index (χ1v) is 31.9. The molecule has 0 heterocycles. The van der Waals surface area contributed by atoms with Gasteiger partial charge in [-0.3, -0.25) is 9.36 Å². The van der Waals surface area contributed by atoms with Gasteiger partial charge in [0.1, 0.15) is 13.2 Å². The van der Waals surface area contributed by atoms with Crippen LogP contribution in [0.15, 0.2) is 85.1 Å². The van der Waals surface area contributed by atoms with Gasteiger partial charge in [-0.2, -0.15) is 0 Å². The van der Waals surface area contributed by atoms with Crippen LogP contribution in [0.4, 0.5) is 0 Å². The number of unbranched alkanes of at least 4 members (excludes halogenated alkanes) is 30. The highest BCUT2D eigenvalue weighted by Gasteiger charge is 2.23. The Morgan fingerprint density at radius 2 is 0.836 bits per heavy atom. The molecule has 9 heteroatoms. The van der Waals surface area contributed by atoms with Crippen molar-refractivity contribution in [1.82, 2.24) is 5.32 Å². The van der Waals surface area contributed by atoms with E-state index in [4.69, 9.17) is 9.05 Å². The van der Waals surface area contributed by atoms with E-state index in [9.17, 15) is 19.4 Å². The summed E-state index contributed by atoms with van der Waals surface area (Å²) in [6.45, 7) is 4.53. The van der Waals surface area contributed by atoms with Gasteiger partial charge in [-0.25, -0.2) is 0 Å². The van der Waals surface area contributed by atoms with Gasteiger partial charge in [0.2, 0.25) is 5.91 Å². The van der Waals surface area contributed by atoms with Crippen LogP contribution in [0.2, 0.25) is 0 Å². The lowest BCUT2D eigenvalue weighted by Gasteiger charge is -2.29. The van der Waals surface area contributed by atoms with E-state index in [1.54, 1.807) is 6.08 Å². The smallest absolute Gasteiger partial charge is 0.268 e. The van der Waals surface area contributed by atoms with Gasteiger partial charge in [-0.1, -0.05) is 272 Å². The van der Waals surface area contributed by atoms with Crippen molar-refractivity contribution in [3.63, 3.8) is 0 Å². The highest BCUT2D eigenvalue weighted by atomic mass is 31.2. The molecule has 1 amide bonds. The lowest BCUT2D eigenvalue weighted by Crippen LogP contribution is -2.45. The van der Waals surface area contributed by atoms with Crippen LogP contribution in [0, 0.1) is 0 Å². The number of aliphatic hydroxyl groups is 1. The number of carbonyl (C=O) groups excluding carboxylic acids is 1. The summed E-state index contributed by atoms with van der Waals surface area (Å²) >= 11 is 0. The van der Waals surface area contributed by atoms with Crippen molar-refractivity contribution in [1.29, 1.82) is 0 Å². The quantitative estimate of drug-likeness (QED) is 0.0272. The second-order valence-corrected chi connectivity index (χ2v) is 23.1. The van der Waals surface area contributed by atoms with Gasteiger partial charge < -0.3 is 28.8 Å². The van der Waals surface area contributed by atoms with Crippen LogP contribution in [0.1, 0.15) is 264 Å². The standard InChI is InChI=1S/C64H117N2O6P/c1-6-8-10-12-14-16-18-20-22-24-26-28-30-31-32-33-34-36-37-39-41-43-45-47-49-51-53-55-57-63(67)62(61-72-73(69,70)71-60-59-66(3,4)5)65-64(68)58-56-54-52-50-48-46-44-42-40-38-35-29-27-25-23-21-19-17-15-13-11-9-7-2/h9,11,15,17,21,23,27,29,38,40,44,46,55,57,62-63,67H,6-8,10,12-14,16,18-20,22,24-26,28,30-37,39,41-43,45,47-54,56,58-61H2,1-5H3,(H-,65,68,69,70)/b11-9-,17-15-,23-21-,29-27-,40-38-,46-44-,57-55+. The second kappa shape index (κ2) is 54.5. The largest absolute Gasteiger partial charge is 0.756 e. The SMILES string of the molecule is CC/C=C\C/C=C\C/C=C\C/C=C\C/C=C\C/C=C\CCCCCCC(=O)NC(COP(=O)([O-])OCC[N+](C)(C)C)C(O)/C=C/CCCCCCCCCCCCCCCCCCCCCCCCCCCC. The van der Waals surface area contributed by atoms with Crippen LogP contribution in [-0.4, -0.2) is 68.5 Å². The summed E-state index contributed by atoms with van der Waals surface area (Å²) in [7, 11) is 1.24. The molecule has 424 valence electrons. The zero-order valence-electron chi connectivity index (χ0n) is 48.3. The molecule has 0 aliphatic heterocycles. The Bertz CT molecular complexity index is 1460. The van der Waals surface area contributed by atoms with Gasteiger partial charge in [0.25, 0.3) is 7.82 Å². The minimum absolute atomic E-state index is 0.0104. The van der Waals surface area contributed by atoms with Crippen LogP contribution < -0.4 is 10.2 Å². The van der Waals surface area contributed by atoms with E-state index in [2.05, 4.69) is 92.1 Å². The maximum Gasteiger partial charge on any atom is 0.268 e. The van der Waals surface area contributed by atoms with Crippen molar-refractivity contribution in [2.45, 2.75) is 276 Å². The zero-order chi connectivity index (χ0) is 53.5. The first-order valence-electron chi connectivity index (χ1n) is 30.4. The zero-order valence-corrected chi connectivity index (χ0v) is 49.2. The Hall–Kier alpha value is -2.32. The lowest BCUT2D eigenvalue weighted by molar-refractivity contribution is -0.870. The number of hydrogen-bond acceptors (Lipinski definition) is 6. The summed E-state index contributed by atoms with van der Waals surface area (Å²) in [5.74, 6) is -0.222. The first-order chi connectivity index (χ1) is 35.5. The molecule has 3 atom stereocenters. The number of likely N-dealkylation sites (N-methyl/N-ethyl adjacent to an activating group) is 1. The minimum Gasteiger partial charge on any atom is -0.756 e. The summed E-state index contributed by atoms with van der Waals surface area (Å²) in [4.78, 5) is 25.5. The van der Waals surface area contributed by atoms with Crippen molar-refractivity contribution in [2.24, 2.45) is 0 Å². The number of nitrogens with zero attached hydrogens (tertiary/aromatic N) is 1. The molecule has 0 bridgehead atoms. The first kappa shape index (κ1) is 70.7. The van der Waals surface area contributed by atoms with Crippen molar-refractivity contribution < 1.29 is 32.9 Å². The maximum absolute atomic E-state index is 13.0. The predicted molar refractivity (Wildman–Crippen MR) is 316 cm³/mol. The summed E-state index contributed by atoms with van der Waals surface area (Å²) in [5.41, 5.74) is 0. The van der Waals surface area contributed by atoms with Crippen molar-refractivity contribution in [3.05, 3.63) is 85.1 Å². The molecule has 0 aliphatic carbocycles. The molecule has 0 aromatic heterocycles. The number of nitrogens with one attached hydrogen (secondary N) is 1. The van der Waals surface area contributed by atoms with Crippen LogP contribution in [0.5, 0.6) is 0 Å². The number of quaternary nitrogens is 1. The molecule has 0 aliphatic rings. The molecular weight excluding hydrogens is 924 g/mol. The third-order valence-corrected chi connectivity index (χ3v) is 14.3. The van der Waals surface area contributed by atoms with Gasteiger partial charge in [-0.15, -0.1) is 0 Å². The average molecular weight is 1040 g/mol. The number of phosphoric ester groups is 1. The van der Waals surface area contributed by atoms with Crippen LogP contribution in [0.3, 0.4) is 0 Å². The topological polar surface area (TPSA) is 108 Å². The predicted octanol–water partition coefficient (Wildman–Crippen LogP) is 18.2. The van der Waals surface area contributed by atoms with Crippen molar-refractivity contribution >= 4 is 13.7 Å². The normalized spacial score (nSPS) is 14.5. The molecule has 0 spiro atoms. The van der Waals surface area contributed by atoms with E-state index >= 15 is 0 Å². The fourth-order valence-corrected chi connectivity index (χ4v) is 9.35. The summed E-state index contributed by atoms with van der Waals surface area (Å²) in [6, 6.07) is -0.907. The van der Waals surface area contributed by atoms with Crippen molar-refractivity contribution in [3.8, 4) is 0 Å². The summed E-state index contributed by atoms with van der Waals surface area (Å²) in [6.07, 6.45) is 76.7. The highest BCUT2D eigenvalue weighted by molar-refractivity contribution is 7.45. The molecule has 8 nitrogen and oxygen atoms in total. The van der Waals surface area contributed by atoms with Crippen molar-refractivity contribution in [2.75, 3.05) is 40.9 Å². The van der Waals surface area contributed by atoms with Gasteiger partial charge >= 0.3 is 0 Å². The molecule has 0 fully saturated rings.